The van der Waals surface area contributed by atoms with E-state index in [2.05, 4.69) is 110 Å². The number of thiocarbonyl (C=S) groups is 1. The highest BCUT2D eigenvalue weighted by Gasteiger charge is 2.42. The Hall–Kier alpha value is -3.35. The number of halogens is 1. The molecule has 4 atom stereocenters. The van der Waals surface area contributed by atoms with Gasteiger partial charge in [-0.25, -0.2) is 0 Å². The number of nitrogens with zero attached hydrogens (tertiary/aromatic N) is 4. The van der Waals surface area contributed by atoms with Crippen LogP contribution in [-0.2, 0) is 0 Å². The minimum Gasteiger partial charge on any atom is -0.370 e. The van der Waals surface area contributed by atoms with Crippen LogP contribution in [-0.4, -0.2) is 27.8 Å². The summed E-state index contributed by atoms with van der Waals surface area (Å²) in [5, 5.41) is 5.06. The largest absolute Gasteiger partial charge is 0.370 e. The molecule has 0 radical (unpaired) electrons. The van der Waals surface area contributed by atoms with Crippen molar-refractivity contribution in [2.75, 3.05) is 22.9 Å². The second-order valence-corrected chi connectivity index (χ2v) is 13.2. The van der Waals surface area contributed by atoms with E-state index in [9.17, 15) is 0 Å². The van der Waals surface area contributed by atoms with Crippen LogP contribution in [0.25, 0.3) is 5.69 Å². The molecule has 4 aromatic rings. The van der Waals surface area contributed by atoms with Gasteiger partial charge in [-0.05, 0) is 117 Å². The van der Waals surface area contributed by atoms with E-state index in [4.69, 9.17) is 28.8 Å². The van der Waals surface area contributed by atoms with E-state index >= 15 is 0 Å². The lowest BCUT2D eigenvalue weighted by Gasteiger charge is -2.37. The Bertz CT molecular complexity index is 1620. The molecule has 2 aliphatic heterocycles. The Labute approximate surface area is 260 Å². The fourth-order valence-corrected chi connectivity index (χ4v) is 7.77. The molecule has 2 aliphatic rings. The van der Waals surface area contributed by atoms with Gasteiger partial charge in [0.1, 0.15) is 0 Å². The van der Waals surface area contributed by atoms with Gasteiger partial charge in [-0.1, -0.05) is 43.6 Å². The second kappa shape index (κ2) is 11.4. The molecule has 1 N–H and O–H groups in total. The molecule has 42 heavy (non-hydrogen) atoms. The van der Waals surface area contributed by atoms with Gasteiger partial charge in [0, 0.05) is 42.0 Å². The van der Waals surface area contributed by atoms with E-state index < -0.39 is 0 Å². The summed E-state index contributed by atoms with van der Waals surface area (Å²) in [5.74, 6) is 1.30. The molecular formula is C35H40ClN5S. The topological polar surface area (TPSA) is 36.3 Å². The third kappa shape index (κ3) is 5.20. The summed E-state index contributed by atoms with van der Waals surface area (Å²) in [6.07, 6.45) is 3.11. The van der Waals surface area contributed by atoms with Gasteiger partial charge in [0.05, 0.1) is 28.5 Å². The van der Waals surface area contributed by atoms with Crippen LogP contribution < -0.4 is 15.1 Å². The summed E-state index contributed by atoms with van der Waals surface area (Å²) in [6, 6.07) is 21.3. The van der Waals surface area contributed by atoms with Crippen molar-refractivity contribution in [1.82, 2.24) is 14.9 Å². The van der Waals surface area contributed by atoms with E-state index in [-0.39, 0.29) is 12.1 Å². The number of anilines is 2. The Morgan fingerprint density at radius 3 is 2.36 bits per heavy atom. The molecule has 218 valence electrons. The molecule has 2 fully saturated rings. The molecule has 4 heterocycles. The lowest BCUT2D eigenvalue weighted by molar-refractivity contribution is 0.357. The minimum atomic E-state index is -0.117. The normalized spacial score (nSPS) is 22.5. The standard InChI is InChI=1S/C35H40ClN5S/c1-21-10-11-24(4)32(16-21)40-25(5)17-28(26(40)6)34-33(30-9-7-8-14-37-30)38-35(42)41(34)27-12-13-31(29(36)18-27)39-19-22(2)15-23(3)20-39/h7-14,16-18,22-23,33-34H,15,19-20H2,1-6H3,(H,38,42). The number of hydrogen-bond acceptors (Lipinski definition) is 3. The van der Waals surface area contributed by atoms with Gasteiger partial charge >= 0.3 is 0 Å². The van der Waals surface area contributed by atoms with Crippen LogP contribution in [0.15, 0.2) is 66.9 Å². The minimum absolute atomic E-state index is 0.102. The molecule has 0 bridgehead atoms. The molecule has 2 aromatic heterocycles. The van der Waals surface area contributed by atoms with Gasteiger partial charge in [-0.15, -0.1) is 0 Å². The molecular weight excluding hydrogens is 558 g/mol. The zero-order chi connectivity index (χ0) is 29.7. The first-order chi connectivity index (χ1) is 20.1. The van der Waals surface area contributed by atoms with Crippen LogP contribution in [0, 0.1) is 39.5 Å². The first kappa shape index (κ1) is 28.8. The molecule has 5 nitrogen and oxygen atoms in total. The third-order valence-corrected chi connectivity index (χ3v) is 9.53. The Morgan fingerprint density at radius 2 is 1.67 bits per heavy atom. The number of rotatable bonds is 5. The average Bonchev–Trinajstić information content (AvgIpc) is 3.44. The summed E-state index contributed by atoms with van der Waals surface area (Å²) < 4.78 is 2.38. The van der Waals surface area contributed by atoms with Crippen molar-refractivity contribution >= 4 is 40.3 Å². The Balaban J connectivity index is 1.45. The maximum absolute atomic E-state index is 7.06. The number of benzene rings is 2. The fourth-order valence-electron chi connectivity index (χ4n) is 7.13. The smallest absolute Gasteiger partial charge is 0.174 e. The number of aromatic nitrogens is 2. The fraction of sp³-hybridized carbons (Fsp3) is 0.371. The van der Waals surface area contributed by atoms with Crippen molar-refractivity contribution in [3.05, 3.63) is 106 Å². The number of piperidine rings is 1. The third-order valence-electron chi connectivity index (χ3n) is 8.91. The highest BCUT2D eigenvalue weighted by Crippen LogP contribution is 2.45. The van der Waals surface area contributed by atoms with Crippen molar-refractivity contribution in [1.29, 1.82) is 0 Å². The van der Waals surface area contributed by atoms with Crippen LogP contribution in [0.1, 0.15) is 66.1 Å². The molecule has 6 rings (SSSR count). The van der Waals surface area contributed by atoms with Gasteiger partial charge in [-0.3, -0.25) is 4.98 Å². The predicted octanol–water partition coefficient (Wildman–Crippen LogP) is 8.42. The summed E-state index contributed by atoms with van der Waals surface area (Å²) in [4.78, 5) is 9.44. The summed E-state index contributed by atoms with van der Waals surface area (Å²) in [6.45, 7) is 15.4. The molecule has 4 unspecified atom stereocenters. The number of nitrogens with one attached hydrogen (secondary N) is 1. The van der Waals surface area contributed by atoms with Crippen LogP contribution >= 0.6 is 23.8 Å². The molecule has 0 saturated carbocycles. The van der Waals surface area contributed by atoms with Gasteiger partial charge in [0.25, 0.3) is 0 Å². The predicted molar refractivity (Wildman–Crippen MR) is 179 cm³/mol. The zero-order valence-electron chi connectivity index (χ0n) is 25.4. The zero-order valence-corrected chi connectivity index (χ0v) is 26.9. The SMILES string of the molecule is Cc1ccc(C)c(-n2c(C)cc(C3C(c4ccccn4)NC(=S)N3c3ccc(N4CC(C)CC(C)C4)c(Cl)c3)c2C)c1. The summed E-state index contributed by atoms with van der Waals surface area (Å²) >= 11 is 13.1. The Morgan fingerprint density at radius 1 is 0.905 bits per heavy atom. The van der Waals surface area contributed by atoms with Crippen molar-refractivity contribution in [2.24, 2.45) is 11.8 Å². The van der Waals surface area contributed by atoms with E-state index in [0.29, 0.717) is 16.9 Å². The van der Waals surface area contributed by atoms with Crippen LogP contribution in [0.3, 0.4) is 0 Å². The van der Waals surface area contributed by atoms with E-state index in [1.54, 1.807) is 0 Å². The van der Waals surface area contributed by atoms with Gasteiger partial charge in [0.15, 0.2) is 5.11 Å². The van der Waals surface area contributed by atoms with Crippen molar-refractivity contribution in [2.45, 2.75) is 60.0 Å². The van der Waals surface area contributed by atoms with E-state index in [1.807, 2.05) is 18.3 Å². The van der Waals surface area contributed by atoms with Crippen molar-refractivity contribution in [3.8, 4) is 5.69 Å². The lowest BCUT2D eigenvalue weighted by Crippen LogP contribution is -2.38. The first-order valence-corrected chi connectivity index (χ1v) is 15.7. The molecule has 0 aliphatic carbocycles. The second-order valence-electron chi connectivity index (χ2n) is 12.4. The lowest BCUT2D eigenvalue weighted by atomic mass is 9.91. The van der Waals surface area contributed by atoms with Crippen LogP contribution in [0.4, 0.5) is 11.4 Å². The average molecular weight is 598 g/mol. The maximum Gasteiger partial charge on any atom is 0.174 e. The molecule has 0 spiro atoms. The maximum atomic E-state index is 7.06. The number of hydrogen-bond donors (Lipinski definition) is 1. The highest BCUT2D eigenvalue weighted by molar-refractivity contribution is 7.80. The van der Waals surface area contributed by atoms with E-state index in [0.717, 1.165) is 35.2 Å². The monoisotopic (exact) mass is 597 g/mol. The van der Waals surface area contributed by atoms with Crippen molar-refractivity contribution < 1.29 is 0 Å². The van der Waals surface area contributed by atoms with Crippen molar-refractivity contribution in [3.63, 3.8) is 0 Å². The summed E-state index contributed by atoms with van der Waals surface area (Å²) in [5.41, 5.74) is 10.4. The van der Waals surface area contributed by atoms with Gasteiger partial charge in [-0.2, -0.15) is 0 Å². The molecule has 0 amide bonds. The Kier molecular flexibility index (Phi) is 7.79. The van der Waals surface area contributed by atoms with Crippen LogP contribution in [0.5, 0.6) is 0 Å². The summed E-state index contributed by atoms with van der Waals surface area (Å²) in [7, 11) is 0. The quantitative estimate of drug-likeness (QED) is 0.234. The van der Waals surface area contributed by atoms with Gasteiger partial charge < -0.3 is 19.7 Å². The molecule has 7 heteroatoms. The first-order valence-electron chi connectivity index (χ1n) is 14.9. The number of pyridine rings is 1. The van der Waals surface area contributed by atoms with Crippen LogP contribution in [0.2, 0.25) is 5.02 Å². The van der Waals surface area contributed by atoms with Gasteiger partial charge in [0.2, 0.25) is 0 Å². The molecule has 2 saturated heterocycles. The van der Waals surface area contributed by atoms with E-state index in [1.165, 1.54) is 40.2 Å². The molecule has 2 aromatic carbocycles. The highest BCUT2D eigenvalue weighted by atomic mass is 35.5. The number of aryl methyl sites for hydroxylation is 3.